The number of hydrazine groups is 1. The van der Waals surface area contributed by atoms with Crippen LogP contribution in [0, 0.1) is 6.92 Å². The third kappa shape index (κ3) is 6.06. The van der Waals surface area contributed by atoms with E-state index in [-0.39, 0.29) is 17.9 Å². The topological polar surface area (TPSA) is 85.9 Å². The molecule has 7 nitrogen and oxygen atoms in total. The van der Waals surface area contributed by atoms with Crippen LogP contribution in [0.4, 0.5) is 0 Å². The third-order valence-corrected chi connectivity index (χ3v) is 4.15. The second kappa shape index (κ2) is 10.4. The van der Waals surface area contributed by atoms with Crippen LogP contribution in [0.2, 0.25) is 5.02 Å². The van der Waals surface area contributed by atoms with Crippen LogP contribution in [0.3, 0.4) is 0 Å². The van der Waals surface area contributed by atoms with Crippen LogP contribution in [0.25, 0.3) is 0 Å². The molecule has 0 aliphatic carbocycles. The monoisotopic (exact) mass is 406 g/mol. The molecular formula is C20H23ClN2O5. The molecule has 0 fully saturated rings. The van der Waals surface area contributed by atoms with Gasteiger partial charge in [-0.1, -0.05) is 11.6 Å². The lowest BCUT2D eigenvalue weighted by Crippen LogP contribution is -2.41. The number of benzene rings is 2. The van der Waals surface area contributed by atoms with Crippen LogP contribution in [-0.2, 0) is 4.79 Å². The highest BCUT2D eigenvalue weighted by Crippen LogP contribution is 2.24. The Bertz CT molecular complexity index is 841. The molecule has 0 aromatic heterocycles. The smallest absolute Gasteiger partial charge is 0.273 e. The van der Waals surface area contributed by atoms with Crippen molar-refractivity contribution in [2.24, 2.45) is 0 Å². The van der Waals surface area contributed by atoms with Gasteiger partial charge in [-0.3, -0.25) is 20.4 Å². The predicted molar refractivity (Wildman–Crippen MR) is 106 cm³/mol. The minimum atomic E-state index is -0.485. The van der Waals surface area contributed by atoms with Gasteiger partial charge in [0.2, 0.25) is 5.91 Å². The van der Waals surface area contributed by atoms with Gasteiger partial charge in [0.15, 0.2) is 0 Å². The van der Waals surface area contributed by atoms with Gasteiger partial charge in [-0.15, -0.1) is 0 Å². The minimum absolute atomic E-state index is 0.201. The summed E-state index contributed by atoms with van der Waals surface area (Å²) in [5, 5.41) is 0.647. The molecule has 8 heteroatoms. The zero-order chi connectivity index (χ0) is 20.5. The van der Waals surface area contributed by atoms with Gasteiger partial charge in [-0.25, -0.2) is 0 Å². The number of amides is 2. The van der Waals surface area contributed by atoms with Crippen molar-refractivity contribution in [1.29, 1.82) is 0 Å². The standard InChI is InChI=1S/C20H23ClN2O5/c1-13-11-14(21)6-9-17(13)28-10-4-5-19(24)22-23-20(25)16-8-7-15(26-2)12-18(16)27-3/h6-9,11-12H,4-5,10H2,1-3H3,(H,22,24)(H,23,25). The third-order valence-electron chi connectivity index (χ3n) is 3.91. The Morgan fingerprint density at radius 2 is 1.79 bits per heavy atom. The van der Waals surface area contributed by atoms with Gasteiger partial charge in [0.1, 0.15) is 17.2 Å². The van der Waals surface area contributed by atoms with Gasteiger partial charge >= 0.3 is 0 Å². The second-order valence-corrected chi connectivity index (χ2v) is 6.37. The highest BCUT2D eigenvalue weighted by molar-refractivity contribution is 6.30. The fourth-order valence-electron chi connectivity index (χ4n) is 2.43. The van der Waals surface area contributed by atoms with E-state index in [1.54, 1.807) is 30.3 Å². The summed E-state index contributed by atoms with van der Waals surface area (Å²) in [6.07, 6.45) is 0.697. The fraction of sp³-hybridized carbons (Fsp3) is 0.300. The first-order valence-electron chi connectivity index (χ1n) is 8.64. The number of nitrogens with one attached hydrogen (secondary N) is 2. The normalized spacial score (nSPS) is 10.1. The summed E-state index contributed by atoms with van der Waals surface area (Å²) < 4.78 is 15.9. The van der Waals surface area contributed by atoms with Crippen LogP contribution in [0.15, 0.2) is 36.4 Å². The van der Waals surface area contributed by atoms with Crippen molar-refractivity contribution in [3.63, 3.8) is 0 Å². The van der Waals surface area contributed by atoms with E-state index in [1.165, 1.54) is 14.2 Å². The molecule has 150 valence electrons. The molecule has 0 aliphatic heterocycles. The Morgan fingerprint density at radius 3 is 2.46 bits per heavy atom. The van der Waals surface area contributed by atoms with Crippen LogP contribution in [0.5, 0.6) is 17.2 Å². The SMILES string of the molecule is COc1ccc(C(=O)NNC(=O)CCCOc2ccc(Cl)cc2C)c(OC)c1. The van der Waals surface area contributed by atoms with Gasteiger partial charge < -0.3 is 14.2 Å². The number of rotatable bonds is 8. The van der Waals surface area contributed by atoms with Crippen LogP contribution >= 0.6 is 11.6 Å². The summed E-state index contributed by atoms with van der Waals surface area (Å²) in [7, 11) is 2.97. The van der Waals surface area contributed by atoms with Crippen LogP contribution in [0.1, 0.15) is 28.8 Å². The lowest BCUT2D eigenvalue weighted by molar-refractivity contribution is -0.122. The highest BCUT2D eigenvalue weighted by atomic mass is 35.5. The maximum Gasteiger partial charge on any atom is 0.273 e. The van der Waals surface area contributed by atoms with Crippen molar-refractivity contribution < 1.29 is 23.8 Å². The highest BCUT2D eigenvalue weighted by Gasteiger charge is 2.14. The molecule has 2 aromatic carbocycles. The van der Waals surface area contributed by atoms with E-state index in [4.69, 9.17) is 25.8 Å². The molecule has 0 saturated carbocycles. The number of ether oxygens (including phenoxy) is 3. The van der Waals surface area contributed by atoms with Gasteiger partial charge in [0, 0.05) is 17.5 Å². The summed E-state index contributed by atoms with van der Waals surface area (Å²) >= 11 is 5.90. The molecule has 28 heavy (non-hydrogen) atoms. The lowest BCUT2D eigenvalue weighted by Gasteiger charge is -2.12. The minimum Gasteiger partial charge on any atom is -0.497 e. The molecule has 0 saturated heterocycles. The van der Waals surface area contributed by atoms with Crippen molar-refractivity contribution >= 4 is 23.4 Å². The van der Waals surface area contributed by atoms with E-state index < -0.39 is 5.91 Å². The second-order valence-electron chi connectivity index (χ2n) is 5.93. The van der Waals surface area contributed by atoms with Gasteiger partial charge in [0.05, 0.1) is 26.4 Å². The first kappa shape index (κ1) is 21.4. The molecule has 0 aliphatic rings. The van der Waals surface area contributed by atoms with Crippen LogP contribution in [-0.4, -0.2) is 32.6 Å². The first-order valence-corrected chi connectivity index (χ1v) is 9.02. The first-order chi connectivity index (χ1) is 13.4. The largest absolute Gasteiger partial charge is 0.497 e. The van der Waals surface area contributed by atoms with Gasteiger partial charge in [-0.2, -0.15) is 0 Å². The predicted octanol–water partition coefficient (Wildman–Crippen LogP) is 3.29. The van der Waals surface area contributed by atoms with E-state index in [1.807, 2.05) is 13.0 Å². The fourth-order valence-corrected chi connectivity index (χ4v) is 2.66. The zero-order valence-electron chi connectivity index (χ0n) is 16.0. The zero-order valence-corrected chi connectivity index (χ0v) is 16.8. The number of carbonyl (C=O) groups is 2. The van der Waals surface area contributed by atoms with E-state index in [0.29, 0.717) is 29.5 Å². The Morgan fingerprint density at radius 1 is 1.00 bits per heavy atom. The molecule has 0 atom stereocenters. The summed E-state index contributed by atoms with van der Waals surface area (Å²) in [6, 6.07) is 10.1. The number of halogens is 1. The van der Waals surface area contributed by atoms with Gasteiger partial charge in [0.25, 0.3) is 5.91 Å². The molecular weight excluding hydrogens is 384 g/mol. The van der Waals surface area contributed by atoms with Crippen molar-refractivity contribution in [3.05, 3.63) is 52.5 Å². The number of methoxy groups -OCH3 is 2. The maximum absolute atomic E-state index is 12.2. The number of carbonyl (C=O) groups excluding carboxylic acids is 2. The summed E-state index contributed by atoms with van der Waals surface area (Å²) in [5.41, 5.74) is 5.96. The van der Waals surface area contributed by atoms with E-state index >= 15 is 0 Å². The van der Waals surface area contributed by atoms with Crippen molar-refractivity contribution in [3.8, 4) is 17.2 Å². The van der Waals surface area contributed by atoms with E-state index in [9.17, 15) is 9.59 Å². The number of hydrogen-bond acceptors (Lipinski definition) is 5. The average molecular weight is 407 g/mol. The van der Waals surface area contributed by atoms with Crippen LogP contribution < -0.4 is 25.1 Å². The molecule has 0 heterocycles. The Kier molecular flexibility index (Phi) is 7.95. The van der Waals surface area contributed by atoms with E-state index in [0.717, 1.165) is 11.3 Å². The average Bonchev–Trinajstić information content (AvgIpc) is 2.70. The molecule has 0 spiro atoms. The maximum atomic E-state index is 12.2. The number of hydrogen-bond donors (Lipinski definition) is 2. The molecule has 2 N–H and O–H groups in total. The summed E-state index contributed by atoms with van der Waals surface area (Å²) in [4.78, 5) is 24.1. The molecule has 2 rings (SSSR count). The molecule has 0 radical (unpaired) electrons. The van der Waals surface area contributed by atoms with E-state index in [2.05, 4.69) is 10.9 Å². The Labute approximate surface area is 168 Å². The molecule has 2 amide bonds. The molecule has 2 aromatic rings. The lowest BCUT2D eigenvalue weighted by atomic mass is 10.2. The van der Waals surface area contributed by atoms with Crippen molar-refractivity contribution in [1.82, 2.24) is 10.9 Å². The Hall–Kier alpha value is -2.93. The van der Waals surface area contributed by atoms with Crippen molar-refractivity contribution in [2.75, 3.05) is 20.8 Å². The Balaban J connectivity index is 1.75. The quantitative estimate of drug-likeness (QED) is 0.519. The molecule has 0 unspecified atom stereocenters. The molecule has 0 bridgehead atoms. The van der Waals surface area contributed by atoms with Gasteiger partial charge in [-0.05, 0) is 49.2 Å². The number of aryl methyl sites for hydroxylation is 1. The summed E-state index contributed by atoms with van der Waals surface area (Å²) in [6.45, 7) is 2.27. The van der Waals surface area contributed by atoms with Crippen molar-refractivity contribution in [2.45, 2.75) is 19.8 Å². The summed E-state index contributed by atoms with van der Waals surface area (Å²) in [5.74, 6) is 0.828.